The summed E-state index contributed by atoms with van der Waals surface area (Å²) in [5, 5.41) is 0.851. The van der Waals surface area contributed by atoms with Crippen molar-refractivity contribution in [1.82, 2.24) is 4.98 Å². The molecule has 2 aromatic heterocycles. The number of benzene rings is 1. The topological polar surface area (TPSA) is 78.6 Å². The molecule has 25 heavy (non-hydrogen) atoms. The quantitative estimate of drug-likeness (QED) is 0.676. The Morgan fingerprint density at radius 3 is 2.56 bits per heavy atom. The van der Waals surface area contributed by atoms with Gasteiger partial charge in [0, 0.05) is 5.39 Å². The molecule has 6 nitrogen and oxygen atoms in total. The number of methoxy groups -OCH3 is 1. The molecule has 0 unspecified atom stereocenters. The lowest BCUT2D eigenvalue weighted by atomic mass is 10.0. The van der Waals surface area contributed by atoms with Gasteiger partial charge >= 0.3 is 11.9 Å². The predicted octanol–water partition coefficient (Wildman–Crippen LogP) is 3.59. The van der Waals surface area contributed by atoms with Crippen molar-refractivity contribution in [1.29, 1.82) is 0 Å². The van der Waals surface area contributed by atoms with Gasteiger partial charge in [0.2, 0.25) is 0 Å². The first-order valence-corrected chi connectivity index (χ1v) is 7.70. The number of carbonyl (C=O) groups excluding carboxylic acids is 2. The molecular weight excluding hydrogens is 322 g/mol. The minimum absolute atomic E-state index is 0.139. The van der Waals surface area contributed by atoms with Crippen LogP contribution in [0.15, 0.2) is 41.0 Å². The molecule has 1 aromatic carbocycles. The van der Waals surface area contributed by atoms with Crippen molar-refractivity contribution >= 4 is 22.8 Å². The van der Waals surface area contributed by atoms with Crippen molar-refractivity contribution in [2.24, 2.45) is 0 Å². The molecule has 0 spiro atoms. The standard InChI is InChI=1S/C19H17NO5/c1-11-13-6-4-5-7-15(13)20-16(17(11)19(22)23-3)10-25-18(21)14-8-9-24-12(14)2/h4-9H,10H2,1-3H3. The molecule has 0 atom stereocenters. The van der Waals surface area contributed by atoms with Crippen LogP contribution in [0.4, 0.5) is 0 Å². The van der Waals surface area contributed by atoms with Crippen LogP contribution in [0.1, 0.15) is 37.7 Å². The van der Waals surface area contributed by atoms with Gasteiger partial charge in [-0.05, 0) is 31.5 Å². The van der Waals surface area contributed by atoms with Gasteiger partial charge < -0.3 is 13.9 Å². The number of hydrogen-bond acceptors (Lipinski definition) is 6. The fraction of sp³-hybridized carbons (Fsp3) is 0.211. The smallest absolute Gasteiger partial charge is 0.342 e. The molecule has 0 aliphatic carbocycles. The molecule has 128 valence electrons. The highest BCUT2D eigenvalue weighted by Crippen LogP contribution is 2.24. The van der Waals surface area contributed by atoms with Gasteiger partial charge in [-0.25, -0.2) is 14.6 Å². The monoisotopic (exact) mass is 339 g/mol. The van der Waals surface area contributed by atoms with E-state index in [1.807, 2.05) is 31.2 Å². The Kier molecular flexibility index (Phi) is 4.52. The Balaban J connectivity index is 1.98. The summed E-state index contributed by atoms with van der Waals surface area (Å²) in [5.41, 5.74) is 2.48. The Labute approximate surface area is 144 Å². The van der Waals surface area contributed by atoms with E-state index in [2.05, 4.69) is 4.98 Å². The summed E-state index contributed by atoms with van der Waals surface area (Å²) >= 11 is 0. The Bertz CT molecular complexity index is 958. The van der Waals surface area contributed by atoms with Crippen molar-refractivity contribution in [3.05, 3.63) is 64.7 Å². The van der Waals surface area contributed by atoms with Crippen LogP contribution in [0.3, 0.4) is 0 Å². The molecule has 3 aromatic rings. The highest BCUT2D eigenvalue weighted by atomic mass is 16.5. The number of aryl methyl sites for hydroxylation is 2. The number of aromatic nitrogens is 1. The average molecular weight is 339 g/mol. The van der Waals surface area contributed by atoms with Crippen LogP contribution in [0, 0.1) is 13.8 Å². The average Bonchev–Trinajstić information content (AvgIpc) is 3.05. The molecule has 0 aliphatic heterocycles. The van der Waals surface area contributed by atoms with Gasteiger partial charge in [0.05, 0.1) is 30.1 Å². The van der Waals surface area contributed by atoms with Crippen LogP contribution in [-0.2, 0) is 16.1 Å². The number of rotatable bonds is 4. The third-order valence-electron chi connectivity index (χ3n) is 4.04. The predicted molar refractivity (Wildman–Crippen MR) is 90.4 cm³/mol. The fourth-order valence-corrected chi connectivity index (χ4v) is 2.73. The summed E-state index contributed by atoms with van der Waals surface area (Å²) in [6.45, 7) is 3.36. The first-order valence-electron chi connectivity index (χ1n) is 7.70. The second kappa shape index (κ2) is 6.76. The van der Waals surface area contributed by atoms with Gasteiger partial charge in [-0.15, -0.1) is 0 Å². The maximum Gasteiger partial charge on any atom is 0.342 e. The van der Waals surface area contributed by atoms with E-state index in [9.17, 15) is 9.59 Å². The minimum atomic E-state index is -0.533. The number of pyridine rings is 1. The van der Waals surface area contributed by atoms with Gasteiger partial charge in [-0.3, -0.25) is 0 Å². The third-order valence-corrected chi connectivity index (χ3v) is 4.04. The van der Waals surface area contributed by atoms with E-state index >= 15 is 0 Å². The maximum absolute atomic E-state index is 12.2. The number of para-hydroxylation sites is 1. The first kappa shape index (κ1) is 16.7. The zero-order valence-electron chi connectivity index (χ0n) is 14.2. The number of hydrogen-bond donors (Lipinski definition) is 0. The van der Waals surface area contributed by atoms with E-state index in [0.717, 1.165) is 16.5 Å². The van der Waals surface area contributed by atoms with Crippen LogP contribution in [0.2, 0.25) is 0 Å². The Hall–Kier alpha value is -3.15. The molecule has 0 bridgehead atoms. The molecule has 2 heterocycles. The second-order valence-corrected chi connectivity index (χ2v) is 5.53. The highest BCUT2D eigenvalue weighted by Gasteiger charge is 2.21. The highest BCUT2D eigenvalue weighted by molar-refractivity contribution is 5.98. The maximum atomic E-state index is 12.2. The summed E-state index contributed by atoms with van der Waals surface area (Å²) in [6, 6.07) is 9.00. The van der Waals surface area contributed by atoms with Gasteiger partial charge in [-0.1, -0.05) is 18.2 Å². The first-order chi connectivity index (χ1) is 12.0. The number of esters is 2. The Morgan fingerprint density at radius 1 is 1.12 bits per heavy atom. The molecule has 0 saturated heterocycles. The van der Waals surface area contributed by atoms with E-state index in [4.69, 9.17) is 13.9 Å². The molecule has 3 rings (SSSR count). The van der Waals surface area contributed by atoms with E-state index < -0.39 is 11.9 Å². The molecule has 0 radical (unpaired) electrons. The summed E-state index contributed by atoms with van der Waals surface area (Å²) < 4.78 is 15.3. The lowest BCUT2D eigenvalue weighted by molar-refractivity contribution is 0.0453. The molecule has 0 saturated carbocycles. The van der Waals surface area contributed by atoms with E-state index in [1.165, 1.54) is 19.4 Å². The zero-order chi connectivity index (χ0) is 18.0. The van der Waals surface area contributed by atoms with Crippen molar-refractivity contribution in [2.75, 3.05) is 7.11 Å². The molecule has 0 fully saturated rings. The summed E-state index contributed by atoms with van der Waals surface area (Å²) in [6.07, 6.45) is 1.42. The van der Waals surface area contributed by atoms with Gasteiger partial charge in [0.25, 0.3) is 0 Å². The molecular formula is C19H17NO5. The van der Waals surface area contributed by atoms with Gasteiger partial charge in [0.1, 0.15) is 17.9 Å². The van der Waals surface area contributed by atoms with Crippen LogP contribution in [-0.4, -0.2) is 24.0 Å². The number of nitrogens with zero attached hydrogens (tertiary/aromatic N) is 1. The van der Waals surface area contributed by atoms with E-state index in [-0.39, 0.29) is 6.61 Å². The largest absolute Gasteiger partial charge is 0.469 e. The molecule has 0 N–H and O–H groups in total. The summed E-state index contributed by atoms with van der Waals surface area (Å²) in [5.74, 6) is -0.572. The molecule has 0 amide bonds. The van der Waals surface area contributed by atoms with Crippen molar-refractivity contribution in [3.63, 3.8) is 0 Å². The number of furan rings is 1. The van der Waals surface area contributed by atoms with Crippen LogP contribution >= 0.6 is 0 Å². The number of fused-ring (bicyclic) bond motifs is 1. The van der Waals surface area contributed by atoms with Gasteiger partial charge in [0.15, 0.2) is 0 Å². The second-order valence-electron chi connectivity index (χ2n) is 5.53. The summed E-state index contributed by atoms with van der Waals surface area (Å²) in [4.78, 5) is 28.9. The van der Waals surface area contributed by atoms with Crippen LogP contribution < -0.4 is 0 Å². The lowest BCUT2D eigenvalue weighted by Crippen LogP contribution is -2.14. The van der Waals surface area contributed by atoms with Crippen LogP contribution in [0.5, 0.6) is 0 Å². The van der Waals surface area contributed by atoms with Gasteiger partial charge in [-0.2, -0.15) is 0 Å². The normalized spacial score (nSPS) is 10.7. The van der Waals surface area contributed by atoms with E-state index in [0.29, 0.717) is 22.6 Å². The SMILES string of the molecule is COC(=O)c1c(COC(=O)c2ccoc2C)nc2ccccc2c1C. The van der Waals surface area contributed by atoms with Crippen LogP contribution in [0.25, 0.3) is 10.9 Å². The zero-order valence-corrected chi connectivity index (χ0v) is 14.2. The lowest BCUT2D eigenvalue weighted by Gasteiger charge is -2.13. The fourth-order valence-electron chi connectivity index (χ4n) is 2.73. The van der Waals surface area contributed by atoms with Crippen molar-refractivity contribution in [2.45, 2.75) is 20.5 Å². The van der Waals surface area contributed by atoms with E-state index in [1.54, 1.807) is 6.92 Å². The van der Waals surface area contributed by atoms with Crippen molar-refractivity contribution < 1.29 is 23.5 Å². The molecule has 6 heteroatoms. The Morgan fingerprint density at radius 2 is 1.88 bits per heavy atom. The molecule has 0 aliphatic rings. The third kappa shape index (κ3) is 3.10. The number of carbonyl (C=O) groups is 2. The number of ether oxygens (including phenoxy) is 2. The van der Waals surface area contributed by atoms with Crippen molar-refractivity contribution in [3.8, 4) is 0 Å². The minimum Gasteiger partial charge on any atom is -0.469 e. The summed E-state index contributed by atoms with van der Waals surface area (Å²) in [7, 11) is 1.31.